The molecule has 1 aliphatic heterocycles. The van der Waals surface area contributed by atoms with Crippen molar-refractivity contribution in [2.75, 3.05) is 36.0 Å². The molecule has 3 aromatic rings. The summed E-state index contributed by atoms with van der Waals surface area (Å²) in [6.45, 7) is 5.93. The van der Waals surface area contributed by atoms with Gasteiger partial charge in [0, 0.05) is 49.9 Å². The molecule has 1 aromatic carbocycles. The van der Waals surface area contributed by atoms with Crippen LogP contribution < -0.4 is 9.80 Å². The lowest BCUT2D eigenvalue weighted by Crippen LogP contribution is -2.31. The smallest absolute Gasteiger partial charge is 0.205 e. The summed E-state index contributed by atoms with van der Waals surface area (Å²) >= 11 is 3.24. The van der Waals surface area contributed by atoms with Crippen LogP contribution in [-0.4, -0.2) is 45.5 Å². The molecule has 6 nitrogen and oxygen atoms in total. The van der Waals surface area contributed by atoms with Crippen LogP contribution in [0.25, 0.3) is 0 Å². The molecule has 2 aromatic heterocycles. The van der Waals surface area contributed by atoms with E-state index < -0.39 is 0 Å². The first-order valence-corrected chi connectivity index (χ1v) is 11.4. The van der Waals surface area contributed by atoms with Crippen LogP contribution in [0.4, 0.5) is 10.9 Å². The fourth-order valence-corrected chi connectivity index (χ4v) is 4.75. The highest BCUT2D eigenvalue weighted by Gasteiger charge is 2.19. The Kier molecular flexibility index (Phi) is 6.38. The quantitative estimate of drug-likeness (QED) is 0.569. The molecule has 1 fully saturated rings. The Morgan fingerprint density at radius 3 is 2.64 bits per heavy atom. The molecule has 0 unspecified atom stereocenters. The van der Waals surface area contributed by atoms with Gasteiger partial charge in [0.15, 0.2) is 0 Å². The van der Waals surface area contributed by atoms with Gasteiger partial charge in [-0.25, -0.2) is 9.97 Å². The molecule has 0 spiro atoms. The molecule has 0 amide bonds. The van der Waals surface area contributed by atoms with E-state index in [2.05, 4.69) is 55.3 Å². The maximum Gasteiger partial charge on any atom is 0.205 e. The molecule has 3 heterocycles. The average molecular weight is 413 g/mol. The zero-order valence-electron chi connectivity index (χ0n) is 16.0. The van der Waals surface area contributed by atoms with E-state index in [9.17, 15) is 0 Å². The summed E-state index contributed by atoms with van der Waals surface area (Å²) in [5.41, 5.74) is 1.30. The van der Waals surface area contributed by atoms with Crippen LogP contribution in [0.5, 0.6) is 0 Å². The Morgan fingerprint density at radius 1 is 1.00 bits per heavy atom. The number of aryl methyl sites for hydroxylation is 1. The van der Waals surface area contributed by atoms with Crippen molar-refractivity contribution in [3.63, 3.8) is 0 Å². The topological polar surface area (TPSA) is 58.0 Å². The van der Waals surface area contributed by atoms with Gasteiger partial charge in [0.05, 0.1) is 12.4 Å². The molecule has 0 N–H and O–H groups in total. The first kappa shape index (κ1) is 19.1. The Morgan fingerprint density at radius 2 is 1.82 bits per heavy atom. The maximum absolute atomic E-state index is 4.85. The van der Waals surface area contributed by atoms with E-state index in [4.69, 9.17) is 4.98 Å². The second kappa shape index (κ2) is 9.34. The summed E-state index contributed by atoms with van der Waals surface area (Å²) in [6, 6.07) is 10.5. The molecule has 0 bridgehead atoms. The molecule has 1 saturated heterocycles. The number of anilines is 2. The molecule has 0 atom stereocenters. The normalized spacial score (nSPS) is 14.9. The van der Waals surface area contributed by atoms with Gasteiger partial charge in [-0.3, -0.25) is 4.98 Å². The van der Waals surface area contributed by atoms with E-state index in [0.717, 1.165) is 66.6 Å². The molecular formula is C20H24N6S2. The van der Waals surface area contributed by atoms with Crippen molar-refractivity contribution in [3.05, 3.63) is 54.1 Å². The first-order chi connectivity index (χ1) is 13.8. The number of hydrogen-bond donors (Lipinski definition) is 0. The van der Waals surface area contributed by atoms with Gasteiger partial charge in [-0.05, 0) is 12.0 Å². The third kappa shape index (κ3) is 4.80. The van der Waals surface area contributed by atoms with E-state index in [0.29, 0.717) is 0 Å². The summed E-state index contributed by atoms with van der Waals surface area (Å²) in [5.74, 6) is 2.81. The lowest BCUT2D eigenvalue weighted by Gasteiger charge is -2.22. The van der Waals surface area contributed by atoms with Crippen LogP contribution in [0, 0.1) is 0 Å². The number of benzene rings is 1. The van der Waals surface area contributed by atoms with Crippen molar-refractivity contribution in [1.29, 1.82) is 0 Å². The third-order valence-corrected chi connectivity index (χ3v) is 6.48. The Balaban J connectivity index is 1.38. The summed E-state index contributed by atoms with van der Waals surface area (Å²) < 4.78 is 4.42. The van der Waals surface area contributed by atoms with E-state index in [1.54, 1.807) is 11.8 Å². The SMILES string of the molecule is CCc1nsc(N2CCCN(c3cncc(SCc4ccccc4)n3)CC2)n1. The number of aromatic nitrogens is 4. The summed E-state index contributed by atoms with van der Waals surface area (Å²) in [6.07, 6.45) is 5.70. The molecule has 146 valence electrons. The van der Waals surface area contributed by atoms with Gasteiger partial charge in [0.2, 0.25) is 5.13 Å². The third-order valence-electron chi connectivity index (χ3n) is 4.69. The number of nitrogens with zero attached hydrogens (tertiary/aromatic N) is 6. The summed E-state index contributed by atoms with van der Waals surface area (Å²) in [5, 5.41) is 2.01. The van der Waals surface area contributed by atoms with E-state index in [1.165, 1.54) is 17.1 Å². The number of rotatable bonds is 6. The number of hydrogen-bond acceptors (Lipinski definition) is 8. The number of thioether (sulfide) groups is 1. The van der Waals surface area contributed by atoms with Gasteiger partial charge in [0.25, 0.3) is 0 Å². The predicted octanol–water partition coefficient (Wildman–Crippen LogP) is 3.90. The molecule has 4 rings (SSSR count). The highest BCUT2D eigenvalue weighted by Crippen LogP contribution is 2.24. The highest BCUT2D eigenvalue weighted by atomic mass is 32.2. The van der Waals surface area contributed by atoms with Gasteiger partial charge >= 0.3 is 0 Å². The van der Waals surface area contributed by atoms with Gasteiger partial charge in [0.1, 0.15) is 16.7 Å². The van der Waals surface area contributed by atoms with Crippen molar-refractivity contribution < 1.29 is 0 Å². The summed E-state index contributed by atoms with van der Waals surface area (Å²) in [4.78, 5) is 18.6. The monoisotopic (exact) mass is 412 g/mol. The zero-order chi connectivity index (χ0) is 19.2. The van der Waals surface area contributed by atoms with Crippen molar-refractivity contribution in [2.24, 2.45) is 0 Å². The van der Waals surface area contributed by atoms with Gasteiger partial charge in [-0.1, -0.05) is 37.3 Å². The Bertz CT molecular complexity index is 885. The van der Waals surface area contributed by atoms with Crippen molar-refractivity contribution >= 4 is 34.2 Å². The lowest BCUT2D eigenvalue weighted by molar-refractivity contribution is 0.787. The van der Waals surface area contributed by atoms with Crippen LogP contribution >= 0.6 is 23.3 Å². The van der Waals surface area contributed by atoms with Crippen molar-refractivity contribution in [2.45, 2.75) is 30.5 Å². The van der Waals surface area contributed by atoms with E-state index in [1.807, 2.05) is 18.5 Å². The van der Waals surface area contributed by atoms with Crippen LogP contribution in [0.15, 0.2) is 47.8 Å². The van der Waals surface area contributed by atoms with Crippen LogP contribution in [0.3, 0.4) is 0 Å². The van der Waals surface area contributed by atoms with Crippen LogP contribution in [0.1, 0.15) is 24.7 Å². The molecule has 0 saturated carbocycles. The molecule has 0 aliphatic carbocycles. The predicted molar refractivity (Wildman–Crippen MR) is 116 cm³/mol. The highest BCUT2D eigenvalue weighted by molar-refractivity contribution is 7.98. The van der Waals surface area contributed by atoms with E-state index in [-0.39, 0.29) is 0 Å². The Hall–Kier alpha value is -2.19. The standard InChI is InChI=1S/C20H24N6S2/c1-2-17-22-20(28-24-17)26-10-6-9-25(11-12-26)18-13-21-14-19(23-18)27-15-16-7-4-3-5-8-16/h3-5,7-8,13-14H,2,6,9-12,15H2,1H3. The maximum atomic E-state index is 4.85. The first-order valence-electron chi connectivity index (χ1n) is 9.63. The van der Waals surface area contributed by atoms with Crippen molar-refractivity contribution in [3.8, 4) is 0 Å². The molecule has 8 heteroatoms. The molecular weight excluding hydrogens is 388 g/mol. The second-order valence-corrected chi connectivity index (χ2v) is 8.39. The van der Waals surface area contributed by atoms with Gasteiger partial charge in [-0.15, -0.1) is 11.8 Å². The molecule has 28 heavy (non-hydrogen) atoms. The van der Waals surface area contributed by atoms with Crippen LogP contribution in [-0.2, 0) is 12.2 Å². The Labute approximate surface area is 174 Å². The minimum Gasteiger partial charge on any atom is -0.353 e. The second-order valence-electron chi connectivity index (χ2n) is 6.66. The average Bonchev–Trinajstić information content (AvgIpc) is 3.10. The van der Waals surface area contributed by atoms with Gasteiger partial charge in [-0.2, -0.15) is 4.37 Å². The zero-order valence-corrected chi connectivity index (χ0v) is 17.6. The lowest BCUT2D eigenvalue weighted by atomic mass is 10.2. The minimum absolute atomic E-state index is 0.888. The van der Waals surface area contributed by atoms with Gasteiger partial charge < -0.3 is 9.80 Å². The molecule has 1 aliphatic rings. The molecule has 0 radical (unpaired) electrons. The van der Waals surface area contributed by atoms with E-state index >= 15 is 0 Å². The minimum atomic E-state index is 0.888. The fraction of sp³-hybridized carbons (Fsp3) is 0.400. The summed E-state index contributed by atoms with van der Waals surface area (Å²) in [7, 11) is 0. The van der Waals surface area contributed by atoms with Crippen molar-refractivity contribution in [1.82, 2.24) is 19.3 Å². The fourth-order valence-electron chi connectivity index (χ4n) is 3.15. The largest absolute Gasteiger partial charge is 0.353 e. The van der Waals surface area contributed by atoms with Crippen LogP contribution in [0.2, 0.25) is 0 Å².